The number of para-hydroxylation sites is 2. The number of rotatable bonds is 4. The highest BCUT2D eigenvalue weighted by atomic mass is 16.3. The molecule has 53 heavy (non-hydrogen) atoms. The Balaban J connectivity index is 1.25. The third-order valence-corrected chi connectivity index (χ3v) is 11.1. The molecular weight excluding hydrogens is 647 g/mol. The fourth-order valence-corrected chi connectivity index (χ4v) is 7.87. The van der Waals surface area contributed by atoms with Crippen LogP contribution >= 0.6 is 0 Å². The van der Waals surface area contributed by atoms with Crippen LogP contribution in [0.15, 0.2) is 120 Å². The van der Waals surface area contributed by atoms with Crippen molar-refractivity contribution in [2.45, 2.75) is 0 Å². The van der Waals surface area contributed by atoms with E-state index in [4.69, 9.17) is 29.6 Å². The molecule has 0 bridgehead atoms. The molecule has 0 saturated carbocycles. The van der Waals surface area contributed by atoms with Crippen molar-refractivity contribution in [2.75, 3.05) is 0 Å². The van der Waals surface area contributed by atoms with Crippen LogP contribution < -0.4 is 27.3 Å². The van der Waals surface area contributed by atoms with Crippen LogP contribution in [0.5, 0.6) is 0 Å². The van der Waals surface area contributed by atoms with Gasteiger partial charge in [-0.3, -0.25) is 0 Å². The molecule has 0 saturated heterocycles. The lowest BCUT2D eigenvalue weighted by Gasteiger charge is -2.20. The second-order valence-corrected chi connectivity index (χ2v) is 13.9. The number of furan rings is 1. The minimum atomic E-state index is 0.600. The van der Waals surface area contributed by atoms with Gasteiger partial charge in [-0.2, -0.15) is 4.80 Å². The number of hydrogen-bond donors (Lipinski definition) is 0. The summed E-state index contributed by atoms with van der Waals surface area (Å²) in [6, 6.07) is 39.2. The van der Waals surface area contributed by atoms with Crippen LogP contribution in [-0.2, 0) is 0 Å². The van der Waals surface area contributed by atoms with Crippen molar-refractivity contribution in [3.8, 4) is 39.9 Å². The molecule has 244 valence electrons. The topological polar surface area (TPSA) is 82.5 Å². The molecule has 3 heterocycles. The maximum Gasteiger partial charge on any atom is 0.164 e. The van der Waals surface area contributed by atoms with Crippen LogP contribution in [-0.4, -0.2) is 69.2 Å². The molecule has 0 N–H and O–H groups in total. The summed E-state index contributed by atoms with van der Waals surface area (Å²) in [4.78, 5) is 17.5. The first-order valence-corrected chi connectivity index (χ1v) is 17.9. The largest absolute Gasteiger partial charge is 0.456 e. The Kier molecular flexibility index (Phi) is 6.99. The minimum absolute atomic E-state index is 0.600. The van der Waals surface area contributed by atoms with E-state index in [1.54, 1.807) is 4.80 Å². The Morgan fingerprint density at radius 1 is 0.491 bits per heavy atom. The summed E-state index contributed by atoms with van der Waals surface area (Å²) in [5.41, 5.74) is 13.2. The van der Waals surface area contributed by atoms with Crippen molar-refractivity contribution in [3.05, 3.63) is 115 Å². The minimum Gasteiger partial charge on any atom is -0.456 e. The molecule has 0 radical (unpaired) electrons. The fraction of sp³-hybridized carbons (Fsp3) is 0. The SMILES string of the molecule is Bc1c(B)c(B)c(-c2nc(-c3ccc4ccc5ccc6nn(-c7ccccc7)nc6c5c4c3)nc(-c3cccc4oc5ccccc5c34)n2)c(B)c1B. The number of benzene rings is 7. The van der Waals surface area contributed by atoms with Crippen LogP contribution in [0.25, 0.3) is 94.4 Å². The molecule has 0 spiro atoms. The molecule has 7 nitrogen and oxygen atoms in total. The van der Waals surface area contributed by atoms with Gasteiger partial charge in [-0.25, -0.2) is 15.0 Å². The van der Waals surface area contributed by atoms with Crippen molar-refractivity contribution in [1.29, 1.82) is 0 Å². The summed E-state index contributed by atoms with van der Waals surface area (Å²) in [5.74, 6) is 1.86. The highest BCUT2D eigenvalue weighted by Gasteiger charge is 2.21. The van der Waals surface area contributed by atoms with Crippen LogP contribution in [0, 0.1) is 0 Å². The molecule has 12 heteroatoms. The van der Waals surface area contributed by atoms with E-state index >= 15 is 0 Å². The monoisotopic (exact) mass is 676 g/mol. The highest BCUT2D eigenvalue weighted by molar-refractivity contribution is 6.68. The Hall–Kier alpha value is -6.41. The molecular formula is C41H29B5N6O. The lowest BCUT2D eigenvalue weighted by atomic mass is 9.60. The van der Waals surface area contributed by atoms with Gasteiger partial charge in [0.05, 0.1) is 5.69 Å². The molecule has 0 aliphatic carbocycles. The highest BCUT2D eigenvalue weighted by Crippen LogP contribution is 2.37. The van der Waals surface area contributed by atoms with Crippen molar-refractivity contribution in [1.82, 2.24) is 29.9 Å². The lowest BCUT2D eigenvalue weighted by Crippen LogP contribution is -2.55. The third-order valence-electron chi connectivity index (χ3n) is 11.1. The first kappa shape index (κ1) is 31.3. The van der Waals surface area contributed by atoms with Crippen LogP contribution in [0.4, 0.5) is 0 Å². The Morgan fingerprint density at radius 3 is 1.98 bits per heavy atom. The van der Waals surface area contributed by atoms with Gasteiger partial charge in [0.2, 0.25) is 0 Å². The molecule has 7 aromatic carbocycles. The van der Waals surface area contributed by atoms with Gasteiger partial charge in [0.25, 0.3) is 0 Å². The maximum absolute atomic E-state index is 6.30. The molecule has 0 atom stereocenters. The average molecular weight is 676 g/mol. The number of fused-ring (bicyclic) bond motifs is 8. The second-order valence-electron chi connectivity index (χ2n) is 13.9. The average Bonchev–Trinajstić information content (AvgIpc) is 3.81. The van der Waals surface area contributed by atoms with E-state index in [-0.39, 0.29) is 0 Å². The van der Waals surface area contributed by atoms with Gasteiger partial charge < -0.3 is 4.42 Å². The zero-order valence-electron chi connectivity index (χ0n) is 30.1. The third kappa shape index (κ3) is 4.86. The number of aromatic nitrogens is 6. The molecule has 0 amide bonds. The van der Waals surface area contributed by atoms with E-state index in [1.165, 1.54) is 27.3 Å². The Labute approximate surface area is 309 Å². The summed E-state index contributed by atoms with van der Waals surface area (Å²) in [6.07, 6.45) is 0. The molecule has 0 fully saturated rings. The molecule has 10 rings (SSSR count). The Morgan fingerprint density at radius 2 is 1.15 bits per heavy atom. The maximum atomic E-state index is 6.30. The van der Waals surface area contributed by atoms with Crippen molar-refractivity contribution >= 4 is 121 Å². The summed E-state index contributed by atoms with van der Waals surface area (Å²) in [7, 11) is 10.9. The number of nitrogens with zero attached hydrogens (tertiary/aromatic N) is 6. The van der Waals surface area contributed by atoms with E-state index in [1.807, 2.05) is 66.7 Å². The van der Waals surface area contributed by atoms with Crippen molar-refractivity contribution in [3.63, 3.8) is 0 Å². The van der Waals surface area contributed by atoms with Crippen molar-refractivity contribution < 1.29 is 4.42 Å². The second kappa shape index (κ2) is 11.8. The summed E-state index contributed by atoms with van der Waals surface area (Å²) >= 11 is 0. The molecule has 10 aromatic rings. The summed E-state index contributed by atoms with van der Waals surface area (Å²) in [5, 5.41) is 16.2. The summed E-state index contributed by atoms with van der Waals surface area (Å²) in [6.45, 7) is 0. The quantitative estimate of drug-likeness (QED) is 0.206. The van der Waals surface area contributed by atoms with Crippen molar-refractivity contribution in [2.24, 2.45) is 0 Å². The van der Waals surface area contributed by atoms with E-state index < -0.39 is 0 Å². The molecule has 0 aliphatic rings. The Bertz CT molecular complexity index is 3110. The molecule has 3 aromatic heterocycles. The molecule has 0 unspecified atom stereocenters. The normalized spacial score (nSPS) is 11.8. The van der Waals surface area contributed by atoms with Gasteiger partial charge in [-0.1, -0.05) is 89.8 Å². The number of hydrogen-bond acceptors (Lipinski definition) is 6. The first-order chi connectivity index (χ1) is 25.8. The van der Waals surface area contributed by atoms with Gasteiger partial charge in [-0.05, 0) is 52.6 Å². The van der Waals surface area contributed by atoms with Gasteiger partial charge in [0, 0.05) is 32.8 Å². The van der Waals surface area contributed by atoms with Gasteiger partial charge in [0.1, 0.15) is 61.4 Å². The van der Waals surface area contributed by atoms with Gasteiger partial charge >= 0.3 is 0 Å². The zero-order chi connectivity index (χ0) is 36.0. The fourth-order valence-electron chi connectivity index (χ4n) is 7.87. The van der Waals surface area contributed by atoms with E-state index in [2.05, 4.69) is 87.8 Å². The lowest BCUT2D eigenvalue weighted by molar-refractivity contribution is 0.669. The molecule has 0 aliphatic heterocycles. The summed E-state index contributed by atoms with van der Waals surface area (Å²) < 4.78 is 6.30. The van der Waals surface area contributed by atoms with Crippen LogP contribution in [0.1, 0.15) is 0 Å². The van der Waals surface area contributed by atoms with Crippen LogP contribution in [0.2, 0.25) is 0 Å². The standard InChI is InChI=1S/C41H29B5N6O/c42-33-32(34(43)36(45)37(46)35(33)44)41-48-39(47-40(49-41)25-10-6-12-29-31(25)24-9-4-5-11-28(24)53-29)22-16-14-20-13-15-21-17-18-27-38(30(21)26(20)19-22)51-52(50-27)23-7-2-1-3-8-23/h1-19H,42-46H2. The van der Waals surface area contributed by atoms with E-state index in [0.717, 1.165) is 76.9 Å². The van der Waals surface area contributed by atoms with Crippen LogP contribution in [0.3, 0.4) is 0 Å². The zero-order valence-corrected chi connectivity index (χ0v) is 30.1. The predicted molar refractivity (Wildman–Crippen MR) is 232 cm³/mol. The first-order valence-electron chi connectivity index (χ1n) is 17.9. The van der Waals surface area contributed by atoms with E-state index in [9.17, 15) is 0 Å². The van der Waals surface area contributed by atoms with E-state index in [0.29, 0.717) is 17.5 Å². The smallest absolute Gasteiger partial charge is 0.164 e. The van der Waals surface area contributed by atoms with Gasteiger partial charge in [0.15, 0.2) is 17.5 Å². The predicted octanol–water partition coefficient (Wildman–Crippen LogP) is 1.10. The van der Waals surface area contributed by atoms with Gasteiger partial charge in [-0.15, -0.1) is 26.6 Å².